The van der Waals surface area contributed by atoms with Crippen molar-refractivity contribution in [2.24, 2.45) is 0 Å². The van der Waals surface area contributed by atoms with Crippen LogP contribution in [0, 0.1) is 0 Å². The molecule has 1 aromatic carbocycles. The van der Waals surface area contributed by atoms with Crippen molar-refractivity contribution in [1.82, 2.24) is 5.32 Å². The molecule has 0 aliphatic carbocycles. The number of carbonyl (C=O) groups excluding carboxylic acids is 2. The van der Waals surface area contributed by atoms with Crippen LogP contribution in [0.25, 0.3) is 0 Å². The minimum Gasteiger partial charge on any atom is -0.372 e. The van der Waals surface area contributed by atoms with E-state index in [1.54, 1.807) is 6.92 Å². The highest BCUT2D eigenvalue weighted by molar-refractivity contribution is 5.96. The van der Waals surface area contributed by atoms with Gasteiger partial charge < -0.3 is 15.5 Å². The number of amides is 2. The van der Waals surface area contributed by atoms with Crippen LogP contribution in [0.4, 0.5) is 11.4 Å². The van der Waals surface area contributed by atoms with E-state index >= 15 is 0 Å². The van der Waals surface area contributed by atoms with Crippen molar-refractivity contribution in [3.63, 3.8) is 0 Å². The van der Waals surface area contributed by atoms with Gasteiger partial charge in [0.15, 0.2) is 0 Å². The molecule has 114 valence electrons. The topological polar surface area (TPSA) is 61.4 Å². The van der Waals surface area contributed by atoms with E-state index in [0.29, 0.717) is 0 Å². The third-order valence-corrected chi connectivity index (χ3v) is 3.67. The Morgan fingerprint density at radius 3 is 2.29 bits per heavy atom. The van der Waals surface area contributed by atoms with Crippen LogP contribution in [-0.2, 0) is 9.59 Å². The standard InChI is InChI=1S/C16H23N3O2/c1-12(17-13(2)20)16(21)18-14-6-8-15(9-7-14)19-10-4-3-5-11-19/h6-9,12H,3-5,10-11H2,1-2H3,(H,17,20)(H,18,21). The lowest BCUT2D eigenvalue weighted by atomic mass is 10.1. The fourth-order valence-corrected chi connectivity index (χ4v) is 2.53. The van der Waals surface area contributed by atoms with Crippen molar-refractivity contribution >= 4 is 23.2 Å². The van der Waals surface area contributed by atoms with Gasteiger partial charge >= 0.3 is 0 Å². The lowest BCUT2D eigenvalue weighted by Gasteiger charge is -2.28. The number of anilines is 2. The number of hydrogen-bond acceptors (Lipinski definition) is 3. The van der Waals surface area contributed by atoms with Crippen molar-refractivity contribution in [3.05, 3.63) is 24.3 Å². The SMILES string of the molecule is CC(=O)NC(C)C(=O)Nc1ccc(N2CCCCC2)cc1. The van der Waals surface area contributed by atoms with E-state index in [4.69, 9.17) is 0 Å². The summed E-state index contributed by atoms with van der Waals surface area (Å²) in [6.07, 6.45) is 3.80. The zero-order valence-electron chi connectivity index (χ0n) is 12.7. The number of rotatable bonds is 4. The Labute approximate surface area is 125 Å². The van der Waals surface area contributed by atoms with Crippen LogP contribution in [-0.4, -0.2) is 30.9 Å². The van der Waals surface area contributed by atoms with Crippen molar-refractivity contribution in [2.75, 3.05) is 23.3 Å². The molecule has 0 spiro atoms. The summed E-state index contributed by atoms with van der Waals surface area (Å²) >= 11 is 0. The molecule has 0 radical (unpaired) electrons. The molecule has 1 aliphatic heterocycles. The number of benzene rings is 1. The van der Waals surface area contributed by atoms with Crippen molar-refractivity contribution in [1.29, 1.82) is 0 Å². The Balaban J connectivity index is 1.92. The molecular formula is C16H23N3O2. The number of nitrogens with one attached hydrogen (secondary N) is 2. The molecule has 0 bridgehead atoms. The molecule has 0 aromatic heterocycles. The van der Waals surface area contributed by atoms with Gasteiger partial charge in [-0.3, -0.25) is 9.59 Å². The fraction of sp³-hybridized carbons (Fsp3) is 0.500. The van der Waals surface area contributed by atoms with E-state index in [0.717, 1.165) is 18.8 Å². The maximum absolute atomic E-state index is 11.9. The smallest absolute Gasteiger partial charge is 0.246 e. The lowest BCUT2D eigenvalue weighted by Crippen LogP contribution is -2.40. The third kappa shape index (κ3) is 4.48. The predicted molar refractivity (Wildman–Crippen MR) is 84.4 cm³/mol. The van der Waals surface area contributed by atoms with Gasteiger partial charge in [0.2, 0.25) is 11.8 Å². The lowest BCUT2D eigenvalue weighted by molar-refractivity contribution is -0.124. The van der Waals surface area contributed by atoms with Crippen molar-refractivity contribution in [3.8, 4) is 0 Å². The summed E-state index contributed by atoms with van der Waals surface area (Å²) in [4.78, 5) is 25.2. The van der Waals surface area contributed by atoms with Crippen LogP contribution in [0.3, 0.4) is 0 Å². The molecule has 1 heterocycles. The van der Waals surface area contributed by atoms with E-state index in [-0.39, 0.29) is 11.8 Å². The Morgan fingerprint density at radius 1 is 1.10 bits per heavy atom. The second kappa shape index (κ2) is 7.11. The highest BCUT2D eigenvalue weighted by atomic mass is 16.2. The zero-order chi connectivity index (χ0) is 15.2. The van der Waals surface area contributed by atoms with Gasteiger partial charge in [-0.05, 0) is 50.5 Å². The molecular weight excluding hydrogens is 266 g/mol. The summed E-state index contributed by atoms with van der Waals surface area (Å²) in [6.45, 7) is 5.27. The van der Waals surface area contributed by atoms with Gasteiger partial charge in [-0.1, -0.05) is 0 Å². The number of carbonyl (C=O) groups is 2. The summed E-state index contributed by atoms with van der Waals surface area (Å²) in [5.41, 5.74) is 1.94. The summed E-state index contributed by atoms with van der Waals surface area (Å²) in [5.74, 6) is -0.422. The second-order valence-corrected chi connectivity index (χ2v) is 5.51. The molecule has 1 aliphatic rings. The highest BCUT2D eigenvalue weighted by Crippen LogP contribution is 2.21. The maximum atomic E-state index is 11.9. The van der Waals surface area contributed by atoms with E-state index < -0.39 is 6.04 Å². The normalized spacial score (nSPS) is 16.2. The molecule has 1 fully saturated rings. The predicted octanol–water partition coefficient (Wildman–Crippen LogP) is 2.14. The van der Waals surface area contributed by atoms with E-state index in [2.05, 4.69) is 15.5 Å². The first-order valence-corrected chi connectivity index (χ1v) is 7.49. The van der Waals surface area contributed by atoms with Gasteiger partial charge in [0.25, 0.3) is 0 Å². The number of nitrogens with zero attached hydrogens (tertiary/aromatic N) is 1. The third-order valence-electron chi connectivity index (χ3n) is 3.67. The largest absolute Gasteiger partial charge is 0.372 e. The van der Waals surface area contributed by atoms with Crippen LogP contribution in [0.15, 0.2) is 24.3 Å². The molecule has 2 N–H and O–H groups in total. The molecule has 2 rings (SSSR count). The molecule has 2 amide bonds. The molecule has 0 saturated carbocycles. The quantitative estimate of drug-likeness (QED) is 0.892. The van der Waals surface area contributed by atoms with Gasteiger partial charge in [-0.25, -0.2) is 0 Å². The molecule has 5 nitrogen and oxygen atoms in total. The first kappa shape index (κ1) is 15.4. The zero-order valence-corrected chi connectivity index (χ0v) is 12.7. The van der Waals surface area contributed by atoms with E-state index in [1.807, 2.05) is 24.3 Å². The Morgan fingerprint density at radius 2 is 1.71 bits per heavy atom. The van der Waals surface area contributed by atoms with Crippen LogP contribution in [0.2, 0.25) is 0 Å². The summed E-state index contributed by atoms with van der Waals surface area (Å²) in [6, 6.07) is 7.34. The van der Waals surface area contributed by atoms with Crippen molar-refractivity contribution < 1.29 is 9.59 Å². The minimum absolute atomic E-state index is 0.210. The minimum atomic E-state index is -0.538. The summed E-state index contributed by atoms with van der Waals surface area (Å²) < 4.78 is 0. The molecule has 5 heteroatoms. The van der Waals surface area contributed by atoms with Crippen molar-refractivity contribution in [2.45, 2.75) is 39.2 Å². The maximum Gasteiger partial charge on any atom is 0.246 e. The summed E-state index contributed by atoms with van der Waals surface area (Å²) in [7, 11) is 0. The van der Waals surface area contributed by atoms with Crippen LogP contribution < -0.4 is 15.5 Å². The molecule has 1 atom stereocenters. The van der Waals surface area contributed by atoms with E-state index in [9.17, 15) is 9.59 Å². The number of piperidine rings is 1. The van der Waals surface area contributed by atoms with Crippen LogP contribution in [0.5, 0.6) is 0 Å². The molecule has 21 heavy (non-hydrogen) atoms. The van der Waals surface area contributed by atoms with Gasteiger partial charge in [-0.15, -0.1) is 0 Å². The average Bonchev–Trinajstić information content (AvgIpc) is 2.48. The monoisotopic (exact) mass is 289 g/mol. The summed E-state index contributed by atoms with van der Waals surface area (Å²) in [5, 5.41) is 5.37. The van der Waals surface area contributed by atoms with Gasteiger partial charge in [0.1, 0.15) is 6.04 Å². The van der Waals surface area contributed by atoms with Crippen LogP contribution >= 0.6 is 0 Å². The highest BCUT2D eigenvalue weighted by Gasteiger charge is 2.14. The van der Waals surface area contributed by atoms with E-state index in [1.165, 1.54) is 31.9 Å². The molecule has 1 aromatic rings. The Kier molecular flexibility index (Phi) is 5.20. The van der Waals surface area contributed by atoms with Gasteiger partial charge in [0.05, 0.1) is 0 Å². The Bertz CT molecular complexity index is 493. The average molecular weight is 289 g/mol. The Hall–Kier alpha value is -2.04. The second-order valence-electron chi connectivity index (χ2n) is 5.51. The molecule has 1 saturated heterocycles. The first-order chi connectivity index (χ1) is 10.1. The number of hydrogen-bond donors (Lipinski definition) is 2. The first-order valence-electron chi connectivity index (χ1n) is 7.49. The van der Waals surface area contributed by atoms with Crippen LogP contribution in [0.1, 0.15) is 33.1 Å². The van der Waals surface area contributed by atoms with Gasteiger partial charge in [-0.2, -0.15) is 0 Å². The molecule has 1 unspecified atom stereocenters. The fourth-order valence-electron chi connectivity index (χ4n) is 2.53. The van der Waals surface area contributed by atoms with Gasteiger partial charge in [0, 0.05) is 31.4 Å².